The van der Waals surface area contributed by atoms with Gasteiger partial charge in [-0.25, -0.2) is 0 Å². The van der Waals surface area contributed by atoms with Gasteiger partial charge in [0.2, 0.25) is 0 Å². The van der Waals surface area contributed by atoms with Crippen LogP contribution in [0.25, 0.3) is 0 Å². The average Bonchev–Trinajstić information content (AvgIpc) is 2.25. The molecule has 0 heterocycles. The predicted molar refractivity (Wildman–Crippen MR) is 57.8 cm³/mol. The summed E-state index contributed by atoms with van der Waals surface area (Å²) in [5.74, 6) is -0.921. The van der Waals surface area contributed by atoms with Crippen molar-refractivity contribution in [1.82, 2.24) is 0 Å². The van der Waals surface area contributed by atoms with Gasteiger partial charge in [0.05, 0.1) is 6.61 Å². The van der Waals surface area contributed by atoms with E-state index in [4.69, 9.17) is 9.84 Å². The number of rotatable bonds is 8. The van der Waals surface area contributed by atoms with Crippen molar-refractivity contribution >= 4 is 11.8 Å². The first-order valence-corrected chi connectivity index (χ1v) is 5.57. The van der Waals surface area contributed by atoms with E-state index in [1.54, 1.807) is 0 Å². The maximum atomic E-state index is 11.3. The molecule has 94 valence electrons. The first-order chi connectivity index (χ1) is 7.56. The highest BCUT2D eigenvalue weighted by Gasteiger charge is 2.27. The van der Waals surface area contributed by atoms with Crippen molar-refractivity contribution in [3.63, 3.8) is 0 Å². The molecular formula is C11H20O5. The van der Waals surface area contributed by atoms with Crippen molar-refractivity contribution in [2.24, 2.45) is 0 Å². The number of ether oxygens (including phenoxy) is 1. The first kappa shape index (κ1) is 15.1. The topological polar surface area (TPSA) is 83.8 Å². The minimum Gasteiger partial charge on any atom is -0.457 e. The molecule has 0 rings (SSSR count). The Balaban J connectivity index is 4.25. The zero-order valence-corrected chi connectivity index (χ0v) is 9.81. The Hall–Kier alpha value is -0.940. The molecule has 5 nitrogen and oxygen atoms in total. The van der Waals surface area contributed by atoms with E-state index in [0.29, 0.717) is 12.8 Å². The van der Waals surface area contributed by atoms with Crippen LogP contribution in [0, 0.1) is 0 Å². The van der Waals surface area contributed by atoms with Crippen molar-refractivity contribution in [3.05, 3.63) is 0 Å². The molecule has 2 atom stereocenters. The average molecular weight is 232 g/mol. The number of aliphatic hydroxyl groups excluding tert-OH is 2. The van der Waals surface area contributed by atoms with Gasteiger partial charge in [-0.15, -0.1) is 0 Å². The summed E-state index contributed by atoms with van der Waals surface area (Å²) in [5.41, 5.74) is 0. The highest BCUT2D eigenvalue weighted by atomic mass is 16.6. The second-order valence-corrected chi connectivity index (χ2v) is 3.62. The summed E-state index contributed by atoms with van der Waals surface area (Å²) in [5, 5.41) is 18.5. The molecule has 0 fully saturated rings. The number of Topliss-reactive ketones (excluding diaryl/α,β-unsaturated/α-hetero) is 1. The van der Waals surface area contributed by atoms with Gasteiger partial charge in [0, 0.05) is 12.8 Å². The zero-order valence-electron chi connectivity index (χ0n) is 9.81. The molecule has 0 aromatic heterocycles. The Morgan fingerprint density at radius 1 is 1.19 bits per heavy atom. The molecule has 2 N–H and O–H groups in total. The van der Waals surface area contributed by atoms with Crippen molar-refractivity contribution in [2.75, 3.05) is 6.61 Å². The van der Waals surface area contributed by atoms with Gasteiger partial charge in [0.15, 0.2) is 18.0 Å². The van der Waals surface area contributed by atoms with Crippen LogP contribution in [-0.4, -0.2) is 40.8 Å². The summed E-state index contributed by atoms with van der Waals surface area (Å²) in [6, 6.07) is 0. The van der Waals surface area contributed by atoms with Crippen molar-refractivity contribution in [3.8, 4) is 0 Å². The van der Waals surface area contributed by atoms with Crippen molar-refractivity contribution in [1.29, 1.82) is 0 Å². The van der Waals surface area contributed by atoms with E-state index in [-0.39, 0.29) is 12.8 Å². The minimum absolute atomic E-state index is 0.211. The summed E-state index contributed by atoms with van der Waals surface area (Å²) < 4.78 is 4.81. The van der Waals surface area contributed by atoms with Gasteiger partial charge < -0.3 is 14.9 Å². The van der Waals surface area contributed by atoms with Gasteiger partial charge in [-0.3, -0.25) is 9.59 Å². The Morgan fingerprint density at radius 3 is 2.19 bits per heavy atom. The fourth-order valence-corrected chi connectivity index (χ4v) is 1.24. The summed E-state index contributed by atoms with van der Waals surface area (Å²) >= 11 is 0. The molecule has 0 aromatic rings. The van der Waals surface area contributed by atoms with Crippen molar-refractivity contribution in [2.45, 2.75) is 51.7 Å². The van der Waals surface area contributed by atoms with Gasteiger partial charge in [0.25, 0.3) is 0 Å². The van der Waals surface area contributed by atoms with Crippen molar-refractivity contribution < 1.29 is 24.5 Å². The lowest BCUT2D eigenvalue weighted by molar-refractivity contribution is -0.161. The lowest BCUT2D eigenvalue weighted by Gasteiger charge is -2.20. The standard InChI is InChI=1S/C11H20O5/c1-3-5-8(13)11(15)9(7-12)16-10(14)6-4-2/h9,11-12,15H,3-7H2,1-2H3/t9-,11-/m1/s1. The van der Waals surface area contributed by atoms with Gasteiger partial charge >= 0.3 is 5.97 Å². The number of aliphatic hydroxyl groups is 2. The maximum absolute atomic E-state index is 11.3. The van der Waals surface area contributed by atoms with E-state index in [0.717, 1.165) is 0 Å². The van der Waals surface area contributed by atoms with Gasteiger partial charge in [-0.1, -0.05) is 13.8 Å². The number of esters is 1. The number of carbonyl (C=O) groups is 2. The SMILES string of the molecule is CCCC(=O)O[C@H](CO)[C@H](O)C(=O)CCC. The van der Waals surface area contributed by atoms with E-state index in [1.807, 2.05) is 13.8 Å². The van der Waals surface area contributed by atoms with Crippen LogP contribution >= 0.6 is 0 Å². The van der Waals surface area contributed by atoms with Gasteiger partial charge in [0.1, 0.15) is 0 Å². The van der Waals surface area contributed by atoms with E-state index in [2.05, 4.69) is 0 Å². The number of ketones is 1. The second kappa shape index (κ2) is 8.24. The highest BCUT2D eigenvalue weighted by Crippen LogP contribution is 2.06. The third-order valence-electron chi connectivity index (χ3n) is 2.10. The first-order valence-electron chi connectivity index (χ1n) is 5.57. The highest BCUT2D eigenvalue weighted by molar-refractivity contribution is 5.83. The summed E-state index contributed by atoms with van der Waals surface area (Å²) in [7, 11) is 0. The lowest BCUT2D eigenvalue weighted by atomic mass is 10.1. The summed E-state index contributed by atoms with van der Waals surface area (Å²) in [6.07, 6.45) is -0.912. The molecule has 0 saturated heterocycles. The zero-order chi connectivity index (χ0) is 12.6. The van der Waals surface area contributed by atoms with E-state index >= 15 is 0 Å². The van der Waals surface area contributed by atoms with E-state index in [1.165, 1.54) is 0 Å². The van der Waals surface area contributed by atoms with Crippen LogP contribution in [-0.2, 0) is 14.3 Å². The molecular weight excluding hydrogens is 212 g/mol. The molecule has 5 heteroatoms. The number of hydrogen-bond donors (Lipinski definition) is 2. The van der Waals surface area contributed by atoms with Crippen LogP contribution in [0.1, 0.15) is 39.5 Å². The third-order valence-corrected chi connectivity index (χ3v) is 2.10. The quantitative estimate of drug-likeness (QED) is 0.592. The van der Waals surface area contributed by atoms with Crippen LogP contribution in [0.2, 0.25) is 0 Å². The minimum atomic E-state index is -1.43. The van der Waals surface area contributed by atoms with Crippen LogP contribution in [0.5, 0.6) is 0 Å². The number of hydrogen-bond acceptors (Lipinski definition) is 5. The molecule has 16 heavy (non-hydrogen) atoms. The smallest absolute Gasteiger partial charge is 0.306 e. The normalized spacial score (nSPS) is 14.2. The fraction of sp³-hybridized carbons (Fsp3) is 0.818. The Bertz CT molecular complexity index is 226. The monoisotopic (exact) mass is 232 g/mol. The van der Waals surface area contributed by atoms with E-state index in [9.17, 15) is 14.7 Å². The maximum Gasteiger partial charge on any atom is 0.306 e. The molecule has 0 unspecified atom stereocenters. The molecule has 0 aliphatic rings. The molecule has 0 bridgehead atoms. The summed E-state index contributed by atoms with van der Waals surface area (Å²) in [6.45, 7) is 3.07. The fourth-order valence-electron chi connectivity index (χ4n) is 1.24. The number of carbonyl (C=O) groups excluding carboxylic acids is 2. The van der Waals surface area contributed by atoms with Gasteiger partial charge in [-0.05, 0) is 12.8 Å². The Morgan fingerprint density at radius 2 is 1.75 bits per heavy atom. The Labute approximate surface area is 95.4 Å². The molecule has 0 spiro atoms. The van der Waals surface area contributed by atoms with Crippen LogP contribution in [0.15, 0.2) is 0 Å². The third kappa shape index (κ3) is 5.23. The lowest BCUT2D eigenvalue weighted by Crippen LogP contribution is -2.39. The van der Waals surface area contributed by atoms with Crippen LogP contribution < -0.4 is 0 Å². The molecule has 0 saturated carbocycles. The second-order valence-electron chi connectivity index (χ2n) is 3.62. The van der Waals surface area contributed by atoms with Gasteiger partial charge in [-0.2, -0.15) is 0 Å². The van der Waals surface area contributed by atoms with Crippen LogP contribution in [0.4, 0.5) is 0 Å². The van der Waals surface area contributed by atoms with E-state index < -0.39 is 30.6 Å². The molecule has 0 aliphatic carbocycles. The molecule has 0 aromatic carbocycles. The summed E-state index contributed by atoms with van der Waals surface area (Å²) in [4.78, 5) is 22.5. The molecule has 0 radical (unpaired) electrons. The largest absolute Gasteiger partial charge is 0.457 e. The van der Waals surface area contributed by atoms with Crippen LogP contribution in [0.3, 0.4) is 0 Å². The molecule has 0 amide bonds. The predicted octanol–water partition coefficient (Wildman–Crippen LogP) is 0.421. The molecule has 0 aliphatic heterocycles. The Kier molecular flexibility index (Phi) is 7.76.